The number of aliphatic hydroxyl groups is 1. The van der Waals surface area contributed by atoms with E-state index in [0.29, 0.717) is 0 Å². The number of rotatable bonds is 6. The SMILES string of the molecule is COC(=O)C1=C(Nc2ccc(C#N)cc2C(=O)C(F)(F)F)C(=O)N(CCO)C1. The molecule has 148 valence electrons. The summed E-state index contributed by atoms with van der Waals surface area (Å²) in [7, 11) is 1.06. The second-order valence-corrected chi connectivity index (χ2v) is 5.62. The first kappa shape index (κ1) is 20.9. The maximum atomic E-state index is 12.9. The molecule has 0 unspecified atom stereocenters. The summed E-state index contributed by atoms with van der Waals surface area (Å²) in [5, 5.41) is 20.3. The van der Waals surface area contributed by atoms with E-state index < -0.39 is 41.7 Å². The van der Waals surface area contributed by atoms with E-state index in [1.807, 2.05) is 0 Å². The quantitative estimate of drug-likeness (QED) is 0.542. The van der Waals surface area contributed by atoms with Gasteiger partial charge in [0.15, 0.2) is 0 Å². The van der Waals surface area contributed by atoms with Crippen LogP contribution in [0, 0.1) is 11.3 Å². The van der Waals surface area contributed by atoms with Crippen LogP contribution in [0.5, 0.6) is 0 Å². The van der Waals surface area contributed by atoms with Crippen LogP contribution in [0.25, 0.3) is 0 Å². The summed E-state index contributed by atoms with van der Waals surface area (Å²) in [6.07, 6.45) is -5.22. The molecule has 28 heavy (non-hydrogen) atoms. The zero-order chi connectivity index (χ0) is 21.1. The fraction of sp³-hybridized carbons (Fsp3) is 0.294. The van der Waals surface area contributed by atoms with Crippen LogP contribution < -0.4 is 5.32 Å². The highest BCUT2D eigenvalue weighted by atomic mass is 19.4. The Bertz CT molecular complexity index is 902. The van der Waals surface area contributed by atoms with Crippen molar-refractivity contribution in [2.45, 2.75) is 6.18 Å². The lowest BCUT2D eigenvalue weighted by atomic mass is 10.0. The fourth-order valence-electron chi connectivity index (χ4n) is 2.55. The summed E-state index contributed by atoms with van der Waals surface area (Å²) in [6, 6.07) is 4.55. The number of aliphatic hydroxyl groups excluding tert-OH is 1. The Morgan fingerprint density at radius 3 is 2.61 bits per heavy atom. The monoisotopic (exact) mass is 397 g/mol. The Morgan fingerprint density at radius 1 is 1.39 bits per heavy atom. The van der Waals surface area contributed by atoms with E-state index in [4.69, 9.17) is 10.4 Å². The van der Waals surface area contributed by atoms with Gasteiger partial charge in [0.25, 0.3) is 11.7 Å². The second-order valence-electron chi connectivity index (χ2n) is 5.62. The molecule has 0 atom stereocenters. The predicted molar refractivity (Wildman–Crippen MR) is 87.9 cm³/mol. The van der Waals surface area contributed by atoms with Gasteiger partial charge in [-0.05, 0) is 18.2 Å². The van der Waals surface area contributed by atoms with Crippen molar-refractivity contribution in [3.63, 3.8) is 0 Å². The summed E-state index contributed by atoms with van der Waals surface area (Å²) in [5.74, 6) is -3.87. The van der Waals surface area contributed by atoms with Crippen LogP contribution >= 0.6 is 0 Å². The summed E-state index contributed by atoms with van der Waals surface area (Å²) in [6.45, 7) is -0.748. The van der Waals surface area contributed by atoms with Gasteiger partial charge in [0.2, 0.25) is 0 Å². The van der Waals surface area contributed by atoms with Crippen molar-refractivity contribution in [1.29, 1.82) is 5.26 Å². The number of amides is 1. The highest BCUT2D eigenvalue weighted by molar-refractivity contribution is 6.10. The summed E-state index contributed by atoms with van der Waals surface area (Å²) in [5.41, 5.74) is -2.02. The summed E-state index contributed by atoms with van der Waals surface area (Å²) < 4.78 is 43.3. The summed E-state index contributed by atoms with van der Waals surface area (Å²) in [4.78, 5) is 37.2. The number of β-amino-alcohol motifs (C(OH)–C–C–N with tert-alkyl or cyclic N) is 1. The molecule has 1 aliphatic heterocycles. The number of methoxy groups -OCH3 is 1. The second kappa shape index (κ2) is 8.10. The molecule has 2 N–H and O–H groups in total. The van der Waals surface area contributed by atoms with E-state index in [9.17, 15) is 27.6 Å². The topological polar surface area (TPSA) is 120 Å². The van der Waals surface area contributed by atoms with Crippen LogP contribution in [0.3, 0.4) is 0 Å². The van der Waals surface area contributed by atoms with Crippen molar-refractivity contribution in [2.75, 3.05) is 32.1 Å². The molecular formula is C17H14F3N3O5. The van der Waals surface area contributed by atoms with Gasteiger partial charge in [0, 0.05) is 12.2 Å². The van der Waals surface area contributed by atoms with E-state index in [0.717, 1.165) is 30.2 Å². The normalized spacial score (nSPS) is 14.1. The Balaban J connectivity index is 2.53. The molecule has 1 amide bonds. The van der Waals surface area contributed by atoms with Gasteiger partial charge in [-0.2, -0.15) is 18.4 Å². The third-order valence-corrected chi connectivity index (χ3v) is 3.86. The number of carbonyl (C=O) groups is 3. The van der Waals surface area contributed by atoms with Crippen molar-refractivity contribution in [3.05, 3.63) is 40.6 Å². The lowest BCUT2D eigenvalue weighted by Crippen LogP contribution is -2.31. The molecule has 1 heterocycles. The van der Waals surface area contributed by atoms with Crippen LogP contribution in [0.1, 0.15) is 15.9 Å². The highest BCUT2D eigenvalue weighted by Gasteiger charge is 2.41. The number of hydrogen-bond acceptors (Lipinski definition) is 7. The largest absolute Gasteiger partial charge is 0.466 e. The number of esters is 1. The van der Waals surface area contributed by atoms with E-state index in [1.54, 1.807) is 6.07 Å². The Labute approximate surface area is 156 Å². The Kier molecular flexibility index (Phi) is 6.05. The molecule has 1 aliphatic rings. The number of ketones is 1. The third-order valence-electron chi connectivity index (χ3n) is 3.86. The van der Waals surface area contributed by atoms with Crippen molar-refractivity contribution in [3.8, 4) is 6.07 Å². The molecule has 0 radical (unpaired) electrons. The Morgan fingerprint density at radius 2 is 2.07 bits per heavy atom. The first-order valence-electron chi connectivity index (χ1n) is 7.78. The zero-order valence-corrected chi connectivity index (χ0v) is 14.5. The van der Waals surface area contributed by atoms with Gasteiger partial charge in [-0.15, -0.1) is 0 Å². The molecule has 1 aromatic rings. The molecule has 0 saturated carbocycles. The van der Waals surface area contributed by atoms with Gasteiger partial charge in [0.1, 0.15) is 5.70 Å². The van der Waals surface area contributed by atoms with Gasteiger partial charge < -0.3 is 20.1 Å². The number of alkyl halides is 3. The van der Waals surface area contributed by atoms with Crippen molar-refractivity contribution < 1.29 is 37.4 Å². The van der Waals surface area contributed by atoms with Crippen LogP contribution in [0.15, 0.2) is 29.5 Å². The molecule has 0 aliphatic carbocycles. The van der Waals surface area contributed by atoms with Crippen LogP contribution in [0.2, 0.25) is 0 Å². The zero-order valence-electron chi connectivity index (χ0n) is 14.5. The minimum absolute atomic E-state index is 0.119. The predicted octanol–water partition coefficient (Wildman–Crippen LogP) is 0.977. The molecule has 2 rings (SSSR count). The molecule has 0 aromatic heterocycles. The molecule has 1 aromatic carbocycles. The van der Waals surface area contributed by atoms with Crippen molar-refractivity contribution in [2.24, 2.45) is 0 Å². The number of benzene rings is 1. The van der Waals surface area contributed by atoms with E-state index in [1.165, 1.54) is 0 Å². The standard InChI is InChI=1S/C17H14F3N3O5/c1-28-16(27)11-8-23(4-5-24)15(26)13(11)22-12-3-2-9(7-21)6-10(12)14(25)17(18,19)20/h2-3,6,22,24H,4-5,8H2,1H3. The smallest absolute Gasteiger partial charge is 0.454 e. The van der Waals surface area contributed by atoms with Gasteiger partial charge in [0.05, 0.1) is 43.0 Å². The number of Topliss-reactive ketones (excluding diaryl/α,β-unsaturated/α-hetero) is 1. The summed E-state index contributed by atoms with van der Waals surface area (Å²) >= 11 is 0. The van der Waals surface area contributed by atoms with E-state index in [-0.39, 0.29) is 29.9 Å². The number of halogens is 3. The van der Waals surface area contributed by atoms with Gasteiger partial charge in [-0.1, -0.05) is 0 Å². The minimum Gasteiger partial charge on any atom is -0.466 e. The number of nitriles is 1. The number of ether oxygens (including phenoxy) is 1. The average molecular weight is 397 g/mol. The lowest BCUT2D eigenvalue weighted by Gasteiger charge is -2.16. The molecule has 8 nitrogen and oxygen atoms in total. The number of anilines is 1. The van der Waals surface area contributed by atoms with Gasteiger partial charge in [-0.3, -0.25) is 9.59 Å². The molecule has 0 bridgehead atoms. The fourth-order valence-corrected chi connectivity index (χ4v) is 2.55. The maximum Gasteiger partial charge on any atom is 0.454 e. The first-order valence-corrected chi connectivity index (χ1v) is 7.78. The molecule has 11 heteroatoms. The minimum atomic E-state index is -5.22. The van der Waals surface area contributed by atoms with Crippen LogP contribution in [-0.2, 0) is 14.3 Å². The average Bonchev–Trinajstić information content (AvgIpc) is 2.96. The number of nitrogens with one attached hydrogen (secondary N) is 1. The third kappa shape index (κ3) is 4.12. The number of nitrogens with zero attached hydrogens (tertiary/aromatic N) is 2. The molecule has 0 saturated heterocycles. The van der Waals surface area contributed by atoms with E-state index in [2.05, 4.69) is 10.1 Å². The molecule has 0 spiro atoms. The number of carbonyl (C=O) groups excluding carboxylic acids is 3. The highest BCUT2D eigenvalue weighted by Crippen LogP contribution is 2.30. The van der Waals surface area contributed by atoms with Crippen molar-refractivity contribution in [1.82, 2.24) is 4.90 Å². The maximum absolute atomic E-state index is 12.9. The van der Waals surface area contributed by atoms with Crippen molar-refractivity contribution >= 4 is 23.3 Å². The first-order chi connectivity index (χ1) is 13.1. The lowest BCUT2D eigenvalue weighted by molar-refractivity contribution is -0.136. The van der Waals surface area contributed by atoms with Gasteiger partial charge >= 0.3 is 12.1 Å². The van der Waals surface area contributed by atoms with Crippen LogP contribution in [-0.4, -0.2) is 60.6 Å². The molecule has 0 fully saturated rings. The molecular weight excluding hydrogens is 383 g/mol. The van der Waals surface area contributed by atoms with Gasteiger partial charge in [-0.25, -0.2) is 4.79 Å². The van der Waals surface area contributed by atoms with Crippen LogP contribution in [0.4, 0.5) is 18.9 Å². The Hall–Kier alpha value is -3.39. The van der Waals surface area contributed by atoms with E-state index >= 15 is 0 Å². The number of hydrogen-bond donors (Lipinski definition) is 2.